The molecule has 0 aliphatic heterocycles. The molecule has 1 aliphatic carbocycles. The van der Waals surface area contributed by atoms with Crippen LogP contribution in [0.4, 0.5) is 11.5 Å². The van der Waals surface area contributed by atoms with Crippen molar-refractivity contribution in [1.82, 2.24) is 4.98 Å². The normalized spacial score (nSPS) is 14.0. The van der Waals surface area contributed by atoms with Gasteiger partial charge < -0.3 is 9.52 Å². The van der Waals surface area contributed by atoms with E-state index in [1.807, 2.05) is 13.0 Å². The van der Waals surface area contributed by atoms with Crippen molar-refractivity contribution in [3.8, 4) is 5.75 Å². The average Bonchev–Trinajstić information content (AvgIpc) is 3.00. The van der Waals surface area contributed by atoms with Crippen LogP contribution in [-0.4, -0.2) is 16.1 Å². The van der Waals surface area contributed by atoms with E-state index in [0.29, 0.717) is 16.8 Å². The van der Waals surface area contributed by atoms with Gasteiger partial charge in [-0.05, 0) is 43.6 Å². The molecular formula is C19H16N3O4-. The fourth-order valence-corrected chi connectivity index (χ4v) is 3.35. The summed E-state index contributed by atoms with van der Waals surface area (Å²) < 4.78 is 5.82. The molecule has 2 heterocycles. The Hall–Kier alpha value is -3.22. The minimum absolute atomic E-state index is 0.198. The minimum Gasteiger partial charge on any atom is -0.867 e. The molecule has 1 aromatic carbocycles. The summed E-state index contributed by atoms with van der Waals surface area (Å²) in [5, 5.41) is 24.6. The molecule has 0 unspecified atom stereocenters. The van der Waals surface area contributed by atoms with E-state index in [9.17, 15) is 15.2 Å². The fourth-order valence-electron chi connectivity index (χ4n) is 3.35. The summed E-state index contributed by atoms with van der Waals surface area (Å²) in [7, 11) is 0. The molecule has 0 radical (unpaired) electrons. The molecule has 0 saturated carbocycles. The second-order valence-corrected chi connectivity index (χ2v) is 6.43. The van der Waals surface area contributed by atoms with Crippen LogP contribution in [0, 0.1) is 17.0 Å². The number of aliphatic imine (C=N–C) groups is 1. The highest BCUT2D eigenvalue weighted by molar-refractivity contribution is 6.05. The van der Waals surface area contributed by atoms with E-state index in [1.54, 1.807) is 12.3 Å². The third-order valence-corrected chi connectivity index (χ3v) is 4.63. The number of furan rings is 1. The molecule has 0 atom stereocenters. The molecule has 7 heteroatoms. The summed E-state index contributed by atoms with van der Waals surface area (Å²) in [6.07, 6.45) is 6.64. The smallest absolute Gasteiger partial charge is 0.266 e. The summed E-state index contributed by atoms with van der Waals surface area (Å²) >= 11 is 0. The van der Waals surface area contributed by atoms with Crippen molar-refractivity contribution in [1.29, 1.82) is 0 Å². The molecule has 1 aliphatic rings. The highest BCUT2D eigenvalue weighted by Crippen LogP contribution is 2.40. The van der Waals surface area contributed by atoms with Crippen LogP contribution in [0.25, 0.3) is 11.0 Å². The Morgan fingerprint density at radius 1 is 1.31 bits per heavy atom. The van der Waals surface area contributed by atoms with Crippen molar-refractivity contribution in [2.75, 3.05) is 0 Å². The number of nitro groups is 1. The summed E-state index contributed by atoms with van der Waals surface area (Å²) in [6.45, 7) is 1.91. The number of aromatic nitrogens is 1. The van der Waals surface area contributed by atoms with E-state index in [4.69, 9.17) is 4.42 Å². The molecule has 0 N–H and O–H groups in total. The van der Waals surface area contributed by atoms with Crippen molar-refractivity contribution >= 4 is 28.7 Å². The highest BCUT2D eigenvalue weighted by Gasteiger charge is 2.23. The van der Waals surface area contributed by atoms with Gasteiger partial charge in [-0.25, -0.2) is 9.98 Å². The van der Waals surface area contributed by atoms with Crippen molar-refractivity contribution in [2.45, 2.75) is 32.6 Å². The van der Waals surface area contributed by atoms with Gasteiger partial charge in [-0.2, -0.15) is 0 Å². The Balaban J connectivity index is 1.92. The van der Waals surface area contributed by atoms with E-state index >= 15 is 0 Å². The quantitative estimate of drug-likeness (QED) is 0.406. The number of nitro benzene ring substituents is 1. The number of rotatable bonds is 3. The van der Waals surface area contributed by atoms with E-state index < -0.39 is 16.4 Å². The van der Waals surface area contributed by atoms with Gasteiger partial charge in [-0.15, -0.1) is 0 Å². The van der Waals surface area contributed by atoms with Crippen molar-refractivity contribution in [3.05, 3.63) is 57.0 Å². The van der Waals surface area contributed by atoms with Gasteiger partial charge >= 0.3 is 0 Å². The maximum Gasteiger partial charge on any atom is 0.266 e. The summed E-state index contributed by atoms with van der Waals surface area (Å²) in [5.74, 6) is 0.605. The van der Waals surface area contributed by atoms with Crippen LogP contribution in [0.1, 0.15) is 35.3 Å². The molecule has 4 rings (SSSR count). The van der Waals surface area contributed by atoms with Crippen LogP contribution in [0.3, 0.4) is 0 Å². The lowest BCUT2D eigenvalue weighted by molar-refractivity contribution is -0.398. The number of hydrogen-bond acceptors (Lipinski definition) is 6. The van der Waals surface area contributed by atoms with E-state index in [1.165, 1.54) is 12.3 Å². The monoisotopic (exact) mass is 350 g/mol. The Morgan fingerprint density at radius 2 is 2.12 bits per heavy atom. The SMILES string of the molecule is Cc1ccc(N=Cc2c([O-])c([N+](=O)[O-])cc3oc4c(c23)CCCC4)nc1. The maximum absolute atomic E-state index is 12.7. The second-order valence-electron chi connectivity index (χ2n) is 6.43. The molecule has 26 heavy (non-hydrogen) atoms. The Labute approximate surface area is 149 Å². The molecule has 0 saturated heterocycles. The molecule has 7 nitrogen and oxygen atoms in total. The first-order valence-corrected chi connectivity index (χ1v) is 8.44. The van der Waals surface area contributed by atoms with Gasteiger partial charge in [0.1, 0.15) is 11.3 Å². The van der Waals surface area contributed by atoms with Crippen molar-refractivity contribution in [3.63, 3.8) is 0 Å². The maximum atomic E-state index is 12.7. The van der Waals surface area contributed by atoms with Gasteiger partial charge in [0.05, 0.1) is 11.0 Å². The van der Waals surface area contributed by atoms with Crippen LogP contribution in [0.5, 0.6) is 5.75 Å². The van der Waals surface area contributed by atoms with Gasteiger partial charge in [-0.1, -0.05) is 6.07 Å². The fraction of sp³-hybridized carbons (Fsp3) is 0.263. The van der Waals surface area contributed by atoms with E-state index in [2.05, 4.69) is 9.98 Å². The van der Waals surface area contributed by atoms with Gasteiger partial charge in [-0.3, -0.25) is 10.1 Å². The standard InChI is InChI=1S/C19H17N3O4/c1-11-6-7-17(20-9-11)21-10-13-18-12-4-2-3-5-15(12)26-16(18)8-14(19(13)23)22(24)25/h6-10,23H,2-5H2,1H3/p-1. The van der Waals surface area contributed by atoms with Crippen LogP contribution in [-0.2, 0) is 12.8 Å². The third-order valence-electron chi connectivity index (χ3n) is 4.63. The molecule has 0 fully saturated rings. The number of pyridine rings is 1. The lowest BCUT2D eigenvalue weighted by atomic mass is 9.93. The van der Waals surface area contributed by atoms with Gasteiger partial charge in [0, 0.05) is 35.3 Å². The van der Waals surface area contributed by atoms with Crippen LogP contribution in [0.2, 0.25) is 0 Å². The number of fused-ring (bicyclic) bond motifs is 3. The first-order valence-electron chi connectivity index (χ1n) is 8.44. The zero-order valence-corrected chi connectivity index (χ0v) is 14.2. The third kappa shape index (κ3) is 2.71. The van der Waals surface area contributed by atoms with Crippen LogP contribution < -0.4 is 5.11 Å². The average molecular weight is 350 g/mol. The Bertz CT molecular complexity index is 1040. The van der Waals surface area contributed by atoms with Crippen molar-refractivity contribution < 1.29 is 14.4 Å². The molecule has 132 valence electrons. The molecular weight excluding hydrogens is 334 g/mol. The number of benzene rings is 1. The summed E-state index contributed by atoms with van der Waals surface area (Å²) in [5.41, 5.74) is 2.04. The summed E-state index contributed by atoms with van der Waals surface area (Å²) in [4.78, 5) is 19.0. The number of aryl methyl sites for hydroxylation is 3. The van der Waals surface area contributed by atoms with E-state index in [-0.39, 0.29) is 5.56 Å². The Morgan fingerprint density at radius 3 is 2.85 bits per heavy atom. The second kappa shape index (κ2) is 6.25. The molecule has 0 bridgehead atoms. The molecule has 3 aromatic rings. The molecule has 0 spiro atoms. The minimum atomic E-state index is -0.676. The topological polar surface area (TPSA) is 105 Å². The number of nitrogens with zero attached hydrogens (tertiary/aromatic N) is 3. The van der Waals surface area contributed by atoms with Gasteiger partial charge in [0.15, 0.2) is 5.82 Å². The van der Waals surface area contributed by atoms with Gasteiger partial charge in [0.25, 0.3) is 5.69 Å². The lowest BCUT2D eigenvalue weighted by Gasteiger charge is -2.14. The predicted octanol–water partition coefficient (Wildman–Crippen LogP) is 3.75. The largest absolute Gasteiger partial charge is 0.867 e. The van der Waals surface area contributed by atoms with Crippen molar-refractivity contribution in [2.24, 2.45) is 4.99 Å². The highest BCUT2D eigenvalue weighted by atomic mass is 16.6. The first-order chi connectivity index (χ1) is 12.5. The van der Waals surface area contributed by atoms with E-state index in [0.717, 1.165) is 42.6 Å². The predicted molar refractivity (Wildman–Crippen MR) is 95.2 cm³/mol. The summed E-state index contributed by atoms with van der Waals surface area (Å²) in [6, 6.07) is 4.83. The van der Waals surface area contributed by atoms with Crippen LogP contribution in [0.15, 0.2) is 33.8 Å². The zero-order chi connectivity index (χ0) is 18.3. The Kier molecular flexibility index (Phi) is 3.91. The van der Waals surface area contributed by atoms with Crippen LogP contribution >= 0.6 is 0 Å². The number of hydrogen-bond donors (Lipinski definition) is 0. The zero-order valence-electron chi connectivity index (χ0n) is 14.2. The van der Waals surface area contributed by atoms with Gasteiger partial charge in [0.2, 0.25) is 0 Å². The molecule has 0 amide bonds. The lowest BCUT2D eigenvalue weighted by Crippen LogP contribution is -2.04. The first kappa shape index (κ1) is 16.3. The molecule has 2 aromatic heterocycles.